The number of aryl methyl sites for hydroxylation is 2. The molecule has 0 radical (unpaired) electrons. The van der Waals surface area contributed by atoms with Gasteiger partial charge in [0.15, 0.2) is 0 Å². The average Bonchev–Trinajstić information content (AvgIpc) is 2.89. The van der Waals surface area contributed by atoms with Crippen molar-refractivity contribution in [2.24, 2.45) is 0 Å². The van der Waals surface area contributed by atoms with E-state index in [4.69, 9.17) is 0 Å². The SMILES string of the molecule is CC(=O)Nc1sc2c(c1C(=O)NCc1cncc(C)c1)CCCC2. The van der Waals surface area contributed by atoms with E-state index in [1.807, 2.05) is 13.0 Å². The molecular formula is C18H21N3O2S. The number of hydrogen-bond acceptors (Lipinski definition) is 4. The van der Waals surface area contributed by atoms with Gasteiger partial charge in [-0.25, -0.2) is 0 Å². The molecule has 3 rings (SSSR count). The minimum absolute atomic E-state index is 0.125. The zero-order valence-electron chi connectivity index (χ0n) is 13.9. The molecule has 0 saturated carbocycles. The van der Waals surface area contributed by atoms with Gasteiger partial charge < -0.3 is 10.6 Å². The largest absolute Gasteiger partial charge is 0.348 e. The van der Waals surface area contributed by atoms with E-state index in [1.165, 1.54) is 23.1 Å². The molecule has 5 nitrogen and oxygen atoms in total. The normalized spacial score (nSPS) is 13.2. The van der Waals surface area contributed by atoms with Gasteiger partial charge in [0.05, 0.1) is 5.56 Å². The maximum absolute atomic E-state index is 12.8. The topological polar surface area (TPSA) is 71.1 Å². The number of carbonyl (C=O) groups is 2. The summed E-state index contributed by atoms with van der Waals surface area (Å²) in [7, 11) is 0. The third-order valence-electron chi connectivity index (χ3n) is 4.07. The molecule has 0 bridgehead atoms. The highest BCUT2D eigenvalue weighted by molar-refractivity contribution is 7.17. The van der Waals surface area contributed by atoms with Gasteiger partial charge in [0, 0.05) is 30.7 Å². The summed E-state index contributed by atoms with van der Waals surface area (Å²) >= 11 is 1.54. The Hall–Kier alpha value is -2.21. The molecule has 6 heteroatoms. The number of nitrogens with zero attached hydrogens (tertiary/aromatic N) is 1. The first-order valence-corrected chi connectivity index (χ1v) is 8.97. The van der Waals surface area contributed by atoms with Gasteiger partial charge in [-0.1, -0.05) is 6.07 Å². The molecule has 2 aromatic heterocycles. The van der Waals surface area contributed by atoms with Crippen molar-refractivity contribution in [2.75, 3.05) is 5.32 Å². The summed E-state index contributed by atoms with van der Waals surface area (Å²) in [6.07, 6.45) is 7.66. The van der Waals surface area contributed by atoms with Gasteiger partial charge in [0.25, 0.3) is 5.91 Å². The van der Waals surface area contributed by atoms with Crippen LogP contribution in [-0.4, -0.2) is 16.8 Å². The van der Waals surface area contributed by atoms with Crippen molar-refractivity contribution in [3.63, 3.8) is 0 Å². The molecule has 0 saturated heterocycles. The van der Waals surface area contributed by atoms with Crippen LogP contribution in [0.5, 0.6) is 0 Å². The molecule has 0 aliphatic heterocycles. The molecule has 1 aliphatic carbocycles. The number of nitrogens with one attached hydrogen (secondary N) is 2. The first-order valence-electron chi connectivity index (χ1n) is 8.15. The van der Waals surface area contributed by atoms with E-state index in [1.54, 1.807) is 12.4 Å². The lowest BCUT2D eigenvalue weighted by molar-refractivity contribution is -0.114. The van der Waals surface area contributed by atoms with Crippen LogP contribution in [-0.2, 0) is 24.2 Å². The van der Waals surface area contributed by atoms with Crippen molar-refractivity contribution in [3.8, 4) is 0 Å². The van der Waals surface area contributed by atoms with Crippen LogP contribution >= 0.6 is 11.3 Å². The Morgan fingerprint density at radius 2 is 2.04 bits per heavy atom. The van der Waals surface area contributed by atoms with Gasteiger partial charge in [-0.15, -0.1) is 11.3 Å². The Bertz CT molecular complexity index is 783. The minimum Gasteiger partial charge on any atom is -0.348 e. The third-order valence-corrected chi connectivity index (χ3v) is 5.28. The lowest BCUT2D eigenvalue weighted by atomic mass is 9.95. The van der Waals surface area contributed by atoms with E-state index in [0.29, 0.717) is 17.1 Å². The van der Waals surface area contributed by atoms with Gasteiger partial charge in [-0.3, -0.25) is 14.6 Å². The molecule has 0 unspecified atom stereocenters. The average molecular weight is 343 g/mol. The summed E-state index contributed by atoms with van der Waals surface area (Å²) in [5, 5.41) is 6.47. The summed E-state index contributed by atoms with van der Waals surface area (Å²) in [5.41, 5.74) is 3.78. The molecule has 1 aliphatic rings. The fourth-order valence-corrected chi connectivity index (χ4v) is 4.37. The summed E-state index contributed by atoms with van der Waals surface area (Å²) in [6, 6.07) is 2.01. The Kier molecular flexibility index (Phi) is 4.94. The van der Waals surface area contributed by atoms with Crippen LogP contribution in [0.4, 0.5) is 5.00 Å². The Morgan fingerprint density at radius 3 is 2.79 bits per heavy atom. The molecule has 0 fully saturated rings. The van der Waals surface area contributed by atoms with Crippen LogP contribution in [0.25, 0.3) is 0 Å². The van der Waals surface area contributed by atoms with E-state index < -0.39 is 0 Å². The molecule has 24 heavy (non-hydrogen) atoms. The summed E-state index contributed by atoms with van der Waals surface area (Å²) in [5.74, 6) is -0.273. The van der Waals surface area contributed by atoms with Crippen molar-refractivity contribution in [2.45, 2.75) is 46.1 Å². The summed E-state index contributed by atoms with van der Waals surface area (Å²) in [6.45, 7) is 3.87. The first kappa shape index (κ1) is 16.6. The van der Waals surface area contributed by atoms with Crippen LogP contribution in [0, 0.1) is 6.92 Å². The maximum atomic E-state index is 12.8. The number of pyridine rings is 1. The van der Waals surface area contributed by atoms with E-state index in [9.17, 15) is 9.59 Å². The van der Waals surface area contributed by atoms with E-state index >= 15 is 0 Å². The second-order valence-corrected chi connectivity index (χ2v) is 7.25. The van der Waals surface area contributed by atoms with Gasteiger partial charge in [0.2, 0.25) is 5.91 Å². The van der Waals surface area contributed by atoms with Crippen molar-refractivity contribution in [3.05, 3.63) is 45.6 Å². The van der Waals surface area contributed by atoms with Crippen LogP contribution in [0.1, 0.15) is 51.7 Å². The number of rotatable bonds is 4. The van der Waals surface area contributed by atoms with Crippen molar-refractivity contribution in [1.82, 2.24) is 10.3 Å². The molecule has 0 atom stereocenters. The van der Waals surface area contributed by atoms with Crippen molar-refractivity contribution < 1.29 is 9.59 Å². The maximum Gasteiger partial charge on any atom is 0.254 e. The van der Waals surface area contributed by atoms with Gasteiger partial charge in [0.1, 0.15) is 5.00 Å². The molecule has 2 aromatic rings. The molecule has 2 N–H and O–H groups in total. The predicted octanol–water partition coefficient (Wildman–Crippen LogP) is 3.22. The highest BCUT2D eigenvalue weighted by atomic mass is 32.1. The Balaban J connectivity index is 1.82. The van der Waals surface area contributed by atoms with Gasteiger partial charge in [-0.05, 0) is 49.3 Å². The third kappa shape index (κ3) is 3.64. The summed E-state index contributed by atoms with van der Waals surface area (Å²) in [4.78, 5) is 29.6. The van der Waals surface area contributed by atoms with E-state index in [2.05, 4.69) is 15.6 Å². The molecule has 0 spiro atoms. The van der Waals surface area contributed by atoms with Crippen LogP contribution in [0.3, 0.4) is 0 Å². The lowest BCUT2D eigenvalue weighted by Crippen LogP contribution is -2.25. The zero-order valence-corrected chi connectivity index (χ0v) is 14.8. The Morgan fingerprint density at radius 1 is 1.25 bits per heavy atom. The van der Waals surface area contributed by atoms with E-state index in [0.717, 1.165) is 42.4 Å². The van der Waals surface area contributed by atoms with Crippen LogP contribution in [0.15, 0.2) is 18.5 Å². The van der Waals surface area contributed by atoms with Gasteiger partial charge in [-0.2, -0.15) is 0 Å². The lowest BCUT2D eigenvalue weighted by Gasteiger charge is -2.13. The van der Waals surface area contributed by atoms with Gasteiger partial charge >= 0.3 is 0 Å². The molecule has 2 amide bonds. The highest BCUT2D eigenvalue weighted by Crippen LogP contribution is 2.38. The highest BCUT2D eigenvalue weighted by Gasteiger charge is 2.25. The second-order valence-electron chi connectivity index (χ2n) is 6.15. The number of fused-ring (bicyclic) bond motifs is 1. The number of aromatic nitrogens is 1. The summed E-state index contributed by atoms with van der Waals surface area (Å²) < 4.78 is 0. The molecule has 2 heterocycles. The molecule has 0 aromatic carbocycles. The minimum atomic E-state index is -0.148. The number of hydrogen-bond donors (Lipinski definition) is 2. The van der Waals surface area contributed by atoms with E-state index in [-0.39, 0.29) is 11.8 Å². The standard InChI is InChI=1S/C18H21N3O2S/c1-11-7-13(9-19-8-11)10-20-17(23)16-14-5-3-4-6-15(14)24-18(16)21-12(2)22/h7-9H,3-6,10H2,1-2H3,(H,20,23)(H,21,22). The first-order chi connectivity index (χ1) is 11.5. The fourth-order valence-electron chi connectivity index (χ4n) is 3.04. The smallest absolute Gasteiger partial charge is 0.254 e. The molecular weight excluding hydrogens is 322 g/mol. The van der Waals surface area contributed by atoms with Crippen LogP contribution in [0.2, 0.25) is 0 Å². The van der Waals surface area contributed by atoms with Crippen LogP contribution < -0.4 is 10.6 Å². The van der Waals surface area contributed by atoms with Crippen molar-refractivity contribution in [1.29, 1.82) is 0 Å². The number of thiophene rings is 1. The number of carbonyl (C=O) groups excluding carboxylic acids is 2. The predicted molar refractivity (Wildman–Crippen MR) is 95.4 cm³/mol. The zero-order chi connectivity index (χ0) is 17.1. The number of anilines is 1. The quantitative estimate of drug-likeness (QED) is 0.895. The molecule has 126 valence electrons. The Labute approximate surface area is 145 Å². The second kappa shape index (κ2) is 7.13. The fraction of sp³-hybridized carbons (Fsp3) is 0.389. The number of amides is 2. The monoisotopic (exact) mass is 343 g/mol. The van der Waals surface area contributed by atoms with Crippen molar-refractivity contribution >= 4 is 28.2 Å².